The minimum Gasteiger partial charge on any atom is -0.461 e. The molecule has 0 saturated carbocycles. The number of esters is 3. The number of hydrogen-bond acceptors (Lipinski definition) is 8. The van der Waals surface area contributed by atoms with Gasteiger partial charge in [-0.1, -0.05) is 18.2 Å². The van der Waals surface area contributed by atoms with Crippen LogP contribution in [0.3, 0.4) is 0 Å². The summed E-state index contributed by atoms with van der Waals surface area (Å²) in [5.74, 6) is -2.58. The molecule has 1 aliphatic carbocycles. The molecule has 4 atom stereocenters. The van der Waals surface area contributed by atoms with Crippen molar-refractivity contribution in [3.63, 3.8) is 0 Å². The van der Waals surface area contributed by atoms with Crippen LogP contribution in [-0.4, -0.2) is 59.6 Å². The van der Waals surface area contributed by atoms with Gasteiger partial charge in [-0.15, -0.1) is 0 Å². The van der Waals surface area contributed by atoms with Crippen LogP contribution >= 0.6 is 0 Å². The van der Waals surface area contributed by atoms with Crippen molar-refractivity contribution in [2.75, 3.05) is 13.2 Å². The Bertz CT molecular complexity index is 804. The third-order valence-electron chi connectivity index (χ3n) is 5.12. The van der Waals surface area contributed by atoms with Crippen molar-refractivity contribution in [3.8, 4) is 0 Å². The smallest absolute Gasteiger partial charge is 0.337 e. The maximum Gasteiger partial charge on any atom is 0.337 e. The van der Waals surface area contributed by atoms with Crippen molar-refractivity contribution < 1.29 is 38.8 Å². The lowest BCUT2D eigenvalue weighted by atomic mass is 9.85. The number of carbonyl (C=O) groups excluding carboxylic acids is 3. The molecule has 8 nitrogen and oxygen atoms in total. The highest BCUT2D eigenvalue weighted by Crippen LogP contribution is 2.36. The van der Waals surface area contributed by atoms with Gasteiger partial charge in [0.25, 0.3) is 0 Å². The Morgan fingerprint density at radius 1 is 1.37 bits per heavy atom. The monoisotopic (exact) mass is 420 g/mol. The second-order valence-electron chi connectivity index (χ2n) is 7.47. The lowest BCUT2D eigenvalue weighted by Gasteiger charge is -2.28. The highest BCUT2D eigenvalue weighted by molar-refractivity contribution is 5.92. The van der Waals surface area contributed by atoms with E-state index in [9.17, 15) is 24.6 Å². The first-order valence-electron chi connectivity index (χ1n) is 9.70. The first-order valence-corrected chi connectivity index (χ1v) is 9.70. The topological polar surface area (TPSA) is 119 Å². The first-order chi connectivity index (χ1) is 14.1. The molecule has 1 aliphatic heterocycles. The van der Waals surface area contributed by atoms with Crippen LogP contribution in [0.1, 0.15) is 33.6 Å². The maximum atomic E-state index is 12.7. The minimum absolute atomic E-state index is 0.0130. The Kier molecular flexibility index (Phi) is 8.14. The molecular weight excluding hydrogens is 392 g/mol. The zero-order valence-corrected chi connectivity index (χ0v) is 17.4. The van der Waals surface area contributed by atoms with Gasteiger partial charge in [0.05, 0.1) is 24.2 Å². The summed E-state index contributed by atoms with van der Waals surface area (Å²) in [5.41, 5.74) is 1.66. The highest BCUT2D eigenvalue weighted by atomic mass is 16.6. The van der Waals surface area contributed by atoms with E-state index in [1.54, 1.807) is 13.0 Å². The molecule has 1 saturated heterocycles. The normalized spacial score (nSPS) is 30.9. The van der Waals surface area contributed by atoms with E-state index in [1.807, 2.05) is 13.0 Å². The number of aliphatic hydroxyl groups is 2. The van der Waals surface area contributed by atoms with Gasteiger partial charge < -0.3 is 24.4 Å². The molecule has 0 unspecified atom stereocenters. The number of aliphatic hydroxyl groups excluding tert-OH is 2. The fourth-order valence-corrected chi connectivity index (χ4v) is 3.40. The molecule has 0 aromatic rings. The van der Waals surface area contributed by atoms with Gasteiger partial charge in [0.15, 0.2) is 0 Å². The Hall–Kier alpha value is -2.71. The van der Waals surface area contributed by atoms with Crippen LogP contribution < -0.4 is 0 Å². The van der Waals surface area contributed by atoms with E-state index in [2.05, 4.69) is 6.58 Å². The van der Waals surface area contributed by atoms with Crippen molar-refractivity contribution in [1.82, 2.24) is 0 Å². The van der Waals surface area contributed by atoms with Crippen LogP contribution in [0.25, 0.3) is 0 Å². The summed E-state index contributed by atoms with van der Waals surface area (Å²) in [7, 11) is 0. The van der Waals surface area contributed by atoms with Crippen LogP contribution in [0.4, 0.5) is 0 Å². The summed E-state index contributed by atoms with van der Waals surface area (Å²) in [4.78, 5) is 36.0. The minimum atomic E-state index is -0.781. The van der Waals surface area contributed by atoms with E-state index in [1.165, 1.54) is 13.0 Å². The van der Waals surface area contributed by atoms with Gasteiger partial charge >= 0.3 is 17.9 Å². The van der Waals surface area contributed by atoms with Gasteiger partial charge in [0.2, 0.25) is 0 Å². The fourth-order valence-electron chi connectivity index (χ4n) is 3.40. The van der Waals surface area contributed by atoms with Gasteiger partial charge in [0, 0.05) is 18.9 Å². The molecule has 2 rings (SSSR count). The standard InChI is InChI=1S/C22H28O8/c1-12-5-6-17(25)13(2)10-19-20(14(3)21(26)29-19)18(9-12)30-22(27)16(7-8-23)11-28-15(4)24/h5,7,10,17-20,23,25H,3,6,8-9,11H2,1-2,4H3/b12-5+,13-10+,16-7+/t17-,18-,19+,20-/m1/s1. The van der Waals surface area contributed by atoms with E-state index >= 15 is 0 Å². The van der Waals surface area contributed by atoms with Gasteiger partial charge in [-0.3, -0.25) is 4.79 Å². The molecule has 0 spiro atoms. The van der Waals surface area contributed by atoms with E-state index in [0.29, 0.717) is 18.4 Å². The number of fused-ring (bicyclic) bond motifs is 1. The summed E-state index contributed by atoms with van der Waals surface area (Å²) in [5, 5.41) is 19.5. The maximum absolute atomic E-state index is 12.7. The first kappa shape index (κ1) is 23.6. The van der Waals surface area contributed by atoms with Crippen molar-refractivity contribution >= 4 is 17.9 Å². The van der Waals surface area contributed by atoms with Gasteiger partial charge in [-0.2, -0.15) is 0 Å². The zero-order chi connectivity index (χ0) is 22.4. The van der Waals surface area contributed by atoms with E-state index < -0.39 is 48.7 Å². The summed E-state index contributed by atoms with van der Waals surface area (Å²) < 4.78 is 16.0. The molecule has 0 radical (unpaired) electrons. The van der Waals surface area contributed by atoms with Gasteiger partial charge in [-0.05, 0) is 38.0 Å². The molecule has 1 heterocycles. The van der Waals surface area contributed by atoms with Gasteiger partial charge in [0.1, 0.15) is 18.8 Å². The van der Waals surface area contributed by atoms with Crippen molar-refractivity contribution in [1.29, 1.82) is 0 Å². The molecule has 0 amide bonds. The second kappa shape index (κ2) is 10.4. The Balaban J connectivity index is 2.35. The zero-order valence-electron chi connectivity index (χ0n) is 17.4. The van der Waals surface area contributed by atoms with Crippen molar-refractivity contribution in [2.24, 2.45) is 5.92 Å². The molecule has 0 aromatic carbocycles. The summed E-state index contributed by atoms with van der Waals surface area (Å²) in [6, 6.07) is 0. The average molecular weight is 420 g/mol. The third kappa shape index (κ3) is 5.90. The summed E-state index contributed by atoms with van der Waals surface area (Å²) in [6.45, 7) is 7.82. The predicted octanol–water partition coefficient (Wildman–Crippen LogP) is 1.53. The molecule has 1 fully saturated rings. The number of carbonyl (C=O) groups is 3. The molecule has 30 heavy (non-hydrogen) atoms. The SMILES string of the molecule is C=C1C(=O)O[C@H]2/C=C(\C)[C@H](O)C/C=C(\C)C[C@@H](OC(=O)/C(=C/CO)COC(C)=O)[C@@H]12. The average Bonchev–Trinajstić information content (AvgIpc) is 2.95. The van der Waals surface area contributed by atoms with Crippen LogP contribution in [0.2, 0.25) is 0 Å². The van der Waals surface area contributed by atoms with Crippen LogP contribution in [-0.2, 0) is 28.6 Å². The van der Waals surface area contributed by atoms with Crippen LogP contribution in [0, 0.1) is 5.92 Å². The molecule has 2 N–H and O–H groups in total. The quantitative estimate of drug-likeness (QED) is 0.297. The third-order valence-corrected chi connectivity index (χ3v) is 5.12. The largest absolute Gasteiger partial charge is 0.461 e. The van der Waals surface area contributed by atoms with Crippen LogP contribution in [0.5, 0.6) is 0 Å². The van der Waals surface area contributed by atoms with E-state index in [4.69, 9.17) is 14.2 Å². The Morgan fingerprint density at radius 3 is 2.70 bits per heavy atom. The molecule has 8 heteroatoms. The number of hydrogen-bond donors (Lipinski definition) is 2. The molecule has 2 aliphatic rings. The van der Waals surface area contributed by atoms with Crippen molar-refractivity contribution in [2.45, 2.75) is 51.9 Å². The fraction of sp³-hybridized carbons (Fsp3) is 0.500. The van der Waals surface area contributed by atoms with E-state index in [-0.39, 0.29) is 17.8 Å². The predicted molar refractivity (Wildman–Crippen MR) is 107 cm³/mol. The lowest BCUT2D eigenvalue weighted by Crippen LogP contribution is -2.34. The highest BCUT2D eigenvalue weighted by Gasteiger charge is 2.44. The van der Waals surface area contributed by atoms with Crippen molar-refractivity contribution in [3.05, 3.63) is 47.1 Å². The number of ether oxygens (including phenoxy) is 3. The molecule has 0 bridgehead atoms. The molecule has 164 valence electrons. The molecular formula is C22H28O8. The summed E-state index contributed by atoms with van der Waals surface area (Å²) >= 11 is 0. The second-order valence-corrected chi connectivity index (χ2v) is 7.47. The van der Waals surface area contributed by atoms with Crippen LogP contribution in [0.15, 0.2) is 47.1 Å². The van der Waals surface area contributed by atoms with Gasteiger partial charge in [-0.25, -0.2) is 9.59 Å². The Morgan fingerprint density at radius 2 is 2.07 bits per heavy atom. The molecule has 0 aromatic heterocycles. The Labute approximate surface area is 175 Å². The summed E-state index contributed by atoms with van der Waals surface area (Å²) in [6.07, 6.45) is 3.16. The van der Waals surface area contributed by atoms with E-state index in [0.717, 1.165) is 5.57 Å². The lowest BCUT2D eigenvalue weighted by molar-refractivity contribution is -0.149. The number of rotatable bonds is 5.